The molecule has 1 aliphatic rings. The average Bonchev–Trinajstić information content (AvgIpc) is 2.71. The number of nitrogens with zero attached hydrogens (tertiary/aromatic N) is 1. The largest absolute Gasteiger partial charge is 0.314 e. The highest BCUT2D eigenvalue weighted by Gasteiger charge is 2.23. The van der Waals surface area contributed by atoms with Crippen LogP contribution >= 0.6 is 0 Å². The highest BCUT2D eigenvalue weighted by molar-refractivity contribution is 5.39. The van der Waals surface area contributed by atoms with Gasteiger partial charge in [-0.3, -0.25) is 10.1 Å². The zero-order valence-corrected chi connectivity index (χ0v) is 12.9. The molecule has 0 spiro atoms. The number of hydrogen-bond donors (Lipinski definition) is 1. The van der Waals surface area contributed by atoms with Gasteiger partial charge in [0.15, 0.2) is 0 Å². The fraction of sp³-hybridized carbons (Fsp3) is 0.647. The molecule has 1 aliphatic carbocycles. The van der Waals surface area contributed by atoms with Crippen LogP contribution in [0.3, 0.4) is 0 Å². The molecule has 0 amide bonds. The molecule has 0 saturated heterocycles. The number of nitro groups is 1. The van der Waals surface area contributed by atoms with Gasteiger partial charge in [0.05, 0.1) is 4.92 Å². The van der Waals surface area contributed by atoms with E-state index >= 15 is 0 Å². The van der Waals surface area contributed by atoms with Crippen LogP contribution in [0.25, 0.3) is 0 Å². The van der Waals surface area contributed by atoms with Crippen molar-refractivity contribution in [1.82, 2.24) is 5.32 Å². The minimum absolute atomic E-state index is 0.260. The Hall–Kier alpha value is -1.42. The SMILES string of the molecule is CCNC1CCCCCC1CCc1ccccc1[N+](=O)[O-]. The first-order valence-corrected chi connectivity index (χ1v) is 8.18. The lowest BCUT2D eigenvalue weighted by atomic mass is 9.88. The maximum absolute atomic E-state index is 11.1. The summed E-state index contributed by atoms with van der Waals surface area (Å²) in [5, 5.41) is 14.7. The molecule has 0 radical (unpaired) electrons. The first kappa shape index (κ1) is 16.0. The second-order valence-electron chi connectivity index (χ2n) is 5.99. The summed E-state index contributed by atoms with van der Waals surface area (Å²) in [6.45, 7) is 3.16. The van der Waals surface area contributed by atoms with Crippen molar-refractivity contribution < 1.29 is 4.92 Å². The molecule has 4 nitrogen and oxygen atoms in total. The first-order valence-electron chi connectivity index (χ1n) is 8.18. The van der Waals surface area contributed by atoms with Gasteiger partial charge >= 0.3 is 0 Å². The Balaban J connectivity index is 2.01. The monoisotopic (exact) mass is 290 g/mol. The molecule has 1 N–H and O–H groups in total. The van der Waals surface area contributed by atoms with Gasteiger partial charge in [0.25, 0.3) is 5.69 Å². The van der Waals surface area contributed by atoms with E-state index < -0.39 is 0 Å². The second kappa shape index (κ2) is 8.13. The van der Waals surface area contributed by atoms with E-state index in [0.717, 1.165) is 24.9 Å². The van der Waals surface area contributed by atoms with Crippen LogP contribution in [0.15, 0.2) is 24.3 Å². The van der Waals surface area contributed by atoms with Gasteiger partial charge in [0.1, 0.15) is 0 Å². The van der Waals surface area contributed by atoms with Gasteiger partial charge in [-0.1, -0.05) is 44.4 Å². The maximum Gasteiger partial charge on any atom is 0.272 e. The standard InChI is InChI=1S/C17H26N2O2/c1-2-18-16-10-5-3-4-8-14(16)12-13-15-9-6-7-11-17(15)19(20)21/h6-7,9,11,14,16,18H,2-5,8,10,12-13H2,1H3. The molecule has 0 heterocycles. The molecular formula is C17H26N2O2. The normalized spacial score (nSPS) is 22.7. The summed E-state index contributed by atoms with van der Waals surface area (Å²) in [4.78, 5) is 10.8. The lowest BCUT2D eigenvalue weighted by molar-refractivity contribution is -0.385. The predicted molar refractivity (Wildman–Crippen MR) is 85.5 cm³/mol. The van der Waals surface area contributed by atoms with Crippen molar-refractivity contribution in [3.63, 3.8) is 0 Å². The van der Waals surface area contributed by atoms with E-state index in [2.05, 4.69) is 12.2 Å². The number of nitrogens with one attached hydrogen (secondary N) is 1. The van der Waals surface area contributed by atoms with E-state index in [4.69, 9.17) is 0 Å². The van der Waals surface area contributed by atoms with E-state index in [9.17, 15) is 10.1 Å². The molecule has 1 saturated carbocycles. The Kier molecular flexibility index (Phi) is 6.18. The summed E-state index contributed by atoms with van der Waals surface area (Å²) in [7, 11) is 0. The van der Waals surface area contributed by atoms with Gasteiger partial charge in [-0.15, -0.1) is 0 Å². The third kappa shape index (κ3) is 4.53. The molecule has 2 atom stereocenters. The molecule has 1 aromatic rings. The van der Waals surface area contributed by atoms with Gasteiger partial charge in [-0.05, 0) is 38.1 Å². The number of nitro benzene ring substituents is 1. The van der Waals surface area contributed by atoms with Gasteiger partial charge in [0.2, 0.25) is 0 Å². The quantitative estimate of drug-likeness (QED) is 0.488. The van der Waals surface area contributed by atoms with Gasteiger partial charge in [-0.25, -0.2) is 0 Å². The summed E-state index contributed by atoms with van der Waals surface area (Å²) in [6, 6.07) is 7.74. The molecule has 0 aliphatic heterocycles. The van der Waals surface area contributed by atoms with E-state index in [1.807, 2.05) is 12.1 Å². The summed E-state index contributed by atoms with van der Waals surface area (Å²) in [5.74, 6) is 0.646. The first-order chi connectivity index (χ1) is 10.2. The van der Waals surface area contributed by atoms with Crippen molar-refractivity contribution >= 4 is 5.69 Å². The molecule has 0 bridgehead atoms. The van der Waals surface area contributed by atoms with Crippen molar-refractivity contribution in [2.75, 3.05) is 6.54 Å². The van der Waals surface area contributed by atoms with Crippen molar-refractivity contribution in [3.8, 4) is 0 Å². The van der Waals surface area contributed by atoms with Crippen LogP contribution in [0.5, 0.6) is 0 Å². The number of aryl methyl sites for hydroxylation is 1. The van der Waals surface area contributed by atoms with Gasteiger partial charge < -0.3 is 5.32 Å². The third-order valence-electron chi connectivity index (χ3n) is 4.60. The number of hydrogen-bond acceptors (Lipinski definition) is 3. The Morgan fingerprint density at radius 3 is 2.76 bits per heavy atom. The van der Waals surface area contributed by atoms with Crippen molar-refractivity contribution in [2.45, 2.75) is 57.9 Å². The van der Waals surface area contributed by atoms with Crippen LogP contribution in [0.4, 0.5) is 5.69 Å². The molecule has 116 valence electrons. The smallest absolute Gasteiger partial charge is 0.272 e. The topological polar surface area (TPSA) is 55.2 Å². The summed E-state index contributed by atoms with van der Waals surface area (Å²) >= 11 is 0. The zero-order valence-electron chi connectivity index (χ0n) is 12.9. The summed E-state index contributed by atoms with van der Waals surface area (Å²) in [6.07, 6.45) is 8.27. The fourth-order valence-corrected chi connectivity index (χ4v) is 3.50. The molecule has 2 unspecified atom stereocenters. The van der Waals surface area contributed by atoms with Crippen LogP contribution in [0.2, 0.25) is 0 Å². The molecule has 21 heavy (non-hydrogen) atoms. The molecule has 0 aromatic heterocycles. The Bertz CT molecular complexity index is 462. The molecule has 1 fully saturated rings. The van der Waals surface area contributed by atoms with Crippen molar-refractivity contribution in [2.24, 2.45) is 5.92 Å². The summed E-state index contributed by atoms with van der Waals surface area (Å²) < 4.78 is 0. The number of para-hydroxylation sites is 1. The minimum atomic E-state index is -0.260. The molecule has 2 rings (SSSR count). The van der Waals surface area contributed by atoms with Crippen LogP contribution in [-0.2, 0) is 6.42 Å². The van der Waals surface area contributed by atoms with Crippen molar-refractivity contribution in [1.29, 1.82) is 0 Å². The van der Waals surface area contributed by atoms with E-state index in [0.29, 0.717) is 12.0 Å². The van der Waals surface area contributed by atoms with Crippen molar-refractivity contribution in [3.05, 3.63) is 39.9 Å². The number of rotatable bonds is 6. The lowest BCUT2D eigenvalue weighted by Crippen LogP contribution is -2.35. The van der Waals surface area contributed by atoms with Crippen LogP contribution < -0.4 is 5.32 Å². The minimum Gasteiger partial charge on any atom is -0.314 e. The van der Waals surface area contributed by atoms with Crippen LogP contribution in [-0.4, -0.2) is 17.5 Å². The maximum atomic E-state index is 11.1. The highest BCUT2D eigenvalue weighted by atomic mass is 16.6. The highest BCUT2D eigenvalue weighted by Crippen LogP contribution is 2.29. The van der Waals surface area contributed by atoms with Gasteiger partial charge in [0, 0.05) is 17.7 Å². The Morgan fingerprint density at radius 2 is 2.00 bits per heavy atom. The fourth-order valence-electron chi connectivity index (χ4n) is 3.50. The zero-order chi connectivity index (χ0) is 15.1. The average molecular weight is 290 g/mol. The van der Waals surface area contributed by atoms with Gasteiger partial charge in [-0.2, -0.15) is 0 Å². The Morgan fingerprint density at radius 1 is 1.24 bits per heavy atom. The van der Waals surface area contributed by atoms with E-state index in [1.165, 1.54) is 32.1 Å². The molecule has 4 heteroatoms. The van der Waals surface area contributed by atoms with E-state index in [-0.39, 0.29) is 10.6 Å². The molecular weight excluding hydrogens is 264 g/mol. The molecule has 1 aromatic carbocycles. The third-order valence-corrected chi connectivity index (χ3v) is 4.60. The summed E-state index contributed by atoms with van der Waals surface area (Å²) in [5.41, 5.74) is 1.15. The lowest BCUT2D eigenvalue weighted by Gasteiger charge is -2.26. The Labute approximate surface area is 127 Å². The second-order valence-corrected chi connectivity index (χ2v) is 5.99. The van der Waals surface area contributed by atoms with E-state index in [1.54, 1.807) is 12.1 Å². The predicted octanol–water partition coefficient (Wildman–Crippen LogP) is 4.09. The van der Waals surface area contributed by atoms with Crippen LogP contribution in [0.1, 0.15) is 51.0 Å². The van der Waals surface area contributed by atoms with Crippen LogP contribution in [0, 0.1) is 16.0 Å². The number of benzene rings is 1.